The van der Waals surface area contributed by atoms with E-state index < -0.39 is 0 Å². The summed E-state index contributed by atoms with van der Waals surface area (Å²) < 4.78 is 0. The molecule has 0 unspecified atom stereocenters. The van der Waals surface area contributed by atoms with Crippen LogP contribution in [0.15, 0.2) is 30.0 Å². The smallest absolute Gasteiger partial charge is 0.267 e. The average molecular weight is 349 g/mol. The molecular formula is C22H27N3O. The average Bonchev–Trinajstić information content (AvgIpc) is 2.56. The highest BCUT2D eigenvalue weighted by atomic mass is 16.1. The van der Waals surface area contributed by atoms with E-state index in [-0.39, 0.29) is 17.0 Å². The van der Waals surface area contributed by atoms with E-state index in [0.717, 1.165) is 34.6 Å². The topological polar surface area (TPSA) is 64.9 Å². The summed E-state index contributed by atoms with van der Waals surface area (Å²) in [6.07, 6.45) is 9.37. The van der Waals surface area contributed by atoms with Gasteiger partial charge in [-0.25, -0.2) is 0 Å². The number of benzene rings is 1. The SMILES string of the molecule is Cc1ccc(NC(=O)/C(C#N)=C\NC23CC4CC(CC(C4)C2)C3)c(C)c1. The highest BCUT2D eigenvalue weighted by Crippen LogP contribution is 2.55. The molecule has 5 rings (SSSR count). The van der Waals surface area contributed by atoms with Crippen LogP contribution in [0.2, 0.25) is 0 Å². The van der Waals surface area contributed by atoms with Crippen LogP contribution in [0.1, 0.15) is 49.7 Å². The number of nitrogens with one attached hydrogen (secondary N) is 2. The number of hydrogen-bond donors (Lipinski definition) is 2. The van der Waals surface area contributed by atoms with E-state index in [4.69, 9.17) is 0 Å². The lowest BCUT2D eigenvalue weighted by Gasteiger charge is -2.56. The minimum absolute atomic E-state index is 0.108. The number of amides is 1. The molecule has 4 nitrogen and oxygen atoms in total. The number of carbonyl (C=O) groups excluding carboxylic acids is 1. The fourth-order valence-corrected chi connectivity index (χ4v) is 5.80. The van der Waals surface area contributed by atoms with E-state index in [0.29, 0.717) is 0 Å². The Hall–Kier alpha value is -2.28. The van der Waals surface area contributed by atoms with Gasteiger partial charge in [0.15, 0.2) is 0 Å². The molecule has 1 aromatic carbocycles. The Morgan fingerprint density at radius 3 is 2.31 bits per heavy atom. The fraction of sp³-hybridized carbons (Fsp3) is 0.545. The normalized spacial score (nSPS) is 32.2. The Morgan fingerprint density at radius 2 is 1.77 bits per heavy atom. The number of rotatable bonds is 4. The minimum atomic E-state index is -0.336. The first-order chi connectivity index (χ1) is 12.5. The molecule has 26 heavy (non-hydrogen) atoms. The number of carbonyl (C=O) groups is 1. The standard InChI is InChI=1S/C22H27N3O/c1-14-3-4-20(15(2)5-14)25-21(26)19(12-23)13-24-22-9-16-6-17(10-22)8-18(7-16)11-22/h3-5,13,16-18,24H,6-11H2,1-2H3,(H,25,26)/b19-13-. The molecule has 0 saturated heterocycles. The van der Waals surface area contributed by atoms with Crippen LogP contribution in [0, 0.1) is 42.9 Å². The first-order valence-corrected chi connectivity index (χ1v) is 9.73. The first kappa shape index (κ1) is 17.1. The molecule has 0 radical (unpaired) electrons. The van der Waals surface area contributed by atoms with Gasteiger partial charge in [0, 0.05) is 17.4 Å². The van der Waals surface area contributed by atoms with Gasteiger partial charge < -0.3 is 10.6 Å². The van der Waals surface area contributed by atoms with Gasteiger partial charge in [-0.05, 0) is 81.8 Å². The van der Waals surface area contributed by atoms with E-state index in [2.05, 4.69) is 16.7 Å². The number of anilines is 1. The van der Waals surface area contributed by atoms with Crippen molar-refractivity contribution in [3.8, 4) is 6.07 Å². The summed E-state index contributed by atoms with van der Waals surface area (Å²) in [6, 6.07) is 7.96. The quantitative estimate of drug-likeness (QED) is 0.632. The van der Waals surface area contributed by atoms with E-state index in [1.54, 1.807) is 6.20 Å². The van der Waals surface area contributed by atoms with Crippen LogP contribution in [0.3, 0.4) is 0 Å². The molecule has 4 aliphatic carbocycles. The molecule has 4 fully saturated rings. The maximum Gasteiger partial charge on any atom is 0.267 e. The van der Waals surface area contributed by atoms with Crippen molar-refractivity contribution >= 4 is 11.6 Å². The highest BCUT2D eigenvalue weighted by molar-refractivity contribution is 6.06. The Bertz CT molecular complexity index is 767. The third-order valence-electron chi connectivity index (χ3n) is 6.56. The zero-order valence-corrected chi connectivity index (χ0v) is 15.6. The highest BCUT2D eigenvalue weighted by Gasteiger charge is 2.50. The Kier molecular flexibility index (Phi) is 4.26. The molecule has 0 atom stereocenters. The summed E-state index contributed by atoms with van der Waals surface area (Å²) >= 11 is 0. The van der Waals surface area contributed by atoms with Gasteiger partial charge in [-0.15, -0.1) is 0 Å². The van der Waals surface area contributed by atoms with Crippen LogP contribution < -0.4 is 10.6 Å². The molecule has 4 bridgehead atoms. The molecule has 4 aliphatic rings. The molecule has 2 N–H and O–H groups in total. The predicted molar refractivity (Wildman–Crippen MR) is 102 cm³/mol. The molecule has 136 valence electrons. The molecule has 4 heteroatoms. The van der Waals surface area contributed by atoms with E-state index >= 15 is 0 Å². The maximum atomic E-state index is 12.6. The third kappa shape index (κ3) is 3.23. The van der Waals surface area contributed by atoms with Crippen molar-refractivity contribution in [3.63, 3.8) is 0 Å². The van der Waals surface area contributed by atoms with E-state index in [9.17, 15) is 10.1 Å². The van der Waals surface area contributed by atoms with Crippen molar-refractivity contribution in [1.29, 1.82) is 5.26 Å². The van der Waals surface area contributed by atoms with Gasteiger partial charge in [0.2, 0.25) is 0 Å². The molecule has 0 aromatic heterocycles. The molecule has 0 spiro atoms. The summed E-state index contributed by atoms with van der Waals surface area (Å²) in [5.74, 6) is 2.15. The van der Waals surface area contributed by atoms with Gasteiger partial charge in [0.05, 0.1) is 0 Å². The largest absolute Gasteiger partial charge is 0.384 e. The minimum Gasteiger partial charge on any atom is -0.384 e. The molecule has 1 amide bonds. The Balaban J connectivity index is 1.47. The second-order valence-electron chi connectivity index (χ2n) is 8.78. The Morgan fingerprint density at radius 1 is 1.15 bits per heavy atom. The molecule has 0 aliphatic heterocycles. The third-order valence-corrected chi connectivity index (χ3v) is 6.56. The summed E-state index contributed by atoms with van der Waals surface area (Å²) in [6.45, 7) is 3.99. The lowest BCUT2D eigenvalue weighted by Crippen LogP contribution is -2.57. The zero-order valence-electron chi connectivity index (χ0n) is 15.6. The van der Waals surface area contributed by atoms with Gasteiger partial charge in [-0.2, -0.15) is 5.26 Å². The molecule has 4 saturated carbocycles. The maximum absolute atomic E-state index is 12.6. The van der Waals surface area contributed by atoms with Gasteiger partial charge in [0.25, 0.3) is 5.91 Å². The van der Waals surface area contributed by atoms with Gasteiger partial charge in [-0.3, -0.25) is 4.79 Å². The molecular weight excluding hydrogens is 322 g/mol. The first-order valence-electron chi connectivity index (χ1n) is 9.73. The monoisotopic (exact) mass is 349 g/mol. The van der Waals surface area contributed by atoms with Crippen LogP contribution in [0.4, 0.5) is 5.69 Å². The van der Waals surface area contributed by atoms with Crippen molar-refractivity contribution in [2.45, 2.75) is 57.9 Å². The zero-order chi connectivity index (χ0) is 18.3. The molecule has 1 aromatic rings. The van der Waals surface area contributed by atoms with E-state index in [1.807, 2.05) is 32.0 Å². The van der Waals surface area contributed by atoms with Gasteiger partial charge in [-0.1, -0.05) is 17.7 Å². The number of nitrogens with zero attached hydrogens (tertiary/aromatic N) is 1. The summed E-state index contributed by atoms with van der Waals surface area (Å²) in [5.41, 5.74) is 3.18. The van der Waals surface area contributed by atoms with Gasteiger partial charge in [0.1, 0.15) is 11.6 Å². The lowest BCUT2D eigenvalue weighted by atomic mass is 9.53. The van der Waals surface area contributed by atoms with Gasteiger partial charge >= 0.3 is 0 Å². The summed E-state index contributed by atoms with van der Waals surface area (Å²) in [7, 11) is 0. The summed E-state index contributed by atoms with van der Waals surface area (Å²) in [5, 5.41) is 15.9. The second kappa shape index (κ2) is 6.46. The Labute approximate surface area is 155 Å². The fourth-order valence-electron chi connectivity index (χ4n) is 5.80. The van der Waals surface area contributed by atoms with Crippen molar-refractivity contribution in [2.24, 2.45) is 17.8 Å². The number of nitriles is 1. The number of aryl methyl sites for hydroxylation is 2. The van der Waals surface area contributed by atoms with Crippen LogP contribution >= 0.6 is 0 Å². The second-order valence-corrected chi connectivity index (χ2v) is 8.78. The van der Waals surface area contributed by atoms with Crippen LogP contribution in [-0.4, -0.2) is 11.4 Å². The molecule has 0 heterocycles. The summed E-state index contributed by atoms with van der Waals surface area (Å²) in [4.78, 5) is 12.6. The van der Waals surface area contributed by atoms with Crippen molar-refractivity contribution in [2.75, 3.05) is 5.32 Å². The van der Waals surface area contributed by atoms with Crippen LogP contribution in [0.25, 0.3) is 0 Å². The lowest BCUT2D eigenvalue weighted by molar-refractivity contribution is -0.112. The number of hydrogen-bond acceptors (Lipinski definition) is 3. The van der Waals surface area contributed by atoms with Crippen molar-refractivity contribution in [1.82, 2.24) is 5.32 Å². The van der Waals surface area contributed by atoms with Crippen molar-refractivity contribution in [3.05, 3.63) is 41.1 Å². The van der Waals surface area contributed by atoms with E-state index in [1.165, 1.54) is 38.5 Å². The van der Waals surface area contributed by atoms with Crippen molar-refractivity contribution < 1.29 is 4.79 Å². The predicted octanol–water partition coefficient (Wildman–Crippen LogP) is 4.21. The van der Waals surface area contributed by atoms with Crippen LogP contribution in [0.5, 0.6) is 0 Å². The van der Waals surface area contributed by atoms with Crippen LogP contribution in [-0.2, 0) is 4.79 Å².